The molecule has 0 radical (unpaired) electrons. The van der Waals surface area contributed by atoms with Crippen LogP contribution in [-0.2, 0) is 9.47 Å². The zero-order chi connectivity index (χ0) is 17.6. The van der Waals surface area contributed by atoms with Crippen molar-refractivity contribution in [3.8, 4) is 0 Å². The lowest BCUT2D eigenvalue weighted by Crippen LogP contribution is -2.56. The number of guanidine groups is 1. The van der Waals surface area contributed by atoms with Gasteiger partial charge in [0.1, 0.15) is 12.1 Å². The number of aliphatic imine (C=N–C) groups is 1. The molecule has 140 valence electrons. The Labute approximate surface area is 141 Å². The van der Waals surface area contributed by atoms with Crippen LogP contribution >= 0.6 is 0 Å². The van der Waals surface area contributed by atoms with E-state index in [4.69, 9.17) is 9.47 Å². The molecule has 1 N–H and O–H groups in total. The lowest BCUT2D eigenvalue weighted by Gasteiger charge is -2.39. The number of nitrogens with one attached hydrogen (secondary N) is 1. The van der Waals surface area contributed by atoms with E-state index in [-0.39, 0.29) is 6.10 Å². The van der Waals surface area contributed by atoms with Gasteiger partial charge in [-0.1, -0.05) is 0 Å². The molecule has 0 amide bonds. The second-order valence-corrected chi connectivity index (χ2v) is 6.00. The Balaban J connectivity index is 1.88. The van der Waals surface area contributed by atoms with E-state index in [1.807, 2.05) is 11.8 Å². The molecular formula is C15H27F3N4O2. The number of hydrogen-bond acceptors (Lipinski definition) is 4. The van der Waals surface area contributed by atoms with Crippen LogP contribution in [0.25, 0.3) is 0 Å². The van der Waals surface area contributed by atoms with Crippen LogP contribution in [-0.4, -0.2) is 93.2 Å². The third-order valence-electron chi connectivity index (χ3n) is 4.30. The van der Waals surface area contributed by atoms with E-state index in [1.165, 1.54) is 11.8 Å². The Morgan fingerprint density at radius 3 is 2.50 bits per heavy atom. The van der Waals surface area contributed by atoms with Gasteiger partial charge >= 0.3 is 6.18 Å². The van der Waals surface area contributed by atoms with Crippen LogP contribution in [0.15, 0.2) is 4.99 Å². The van der Waals surface area contributed by atoms with Crippen LogP contribution < -0.4 is 5.32 Å². The lowest BCUT2D eigenvalue weighted by atomic mass is 10.2. The molecule has 2 fully saturated rings. The maximum Gasteiger partial charge on any atom is 0.403 e. The summed E-state index contributed by atoms with van der Waals surface area (Å²) in [5.41, 5.74) is 0. The molecule has 24 heavy (non-hydrogen) atoms. The molecule has 0 spiro atoms. The summed E-state index contributed by atoms with van der Waals surface area (Å²) in [6.07, 6.45) is -4.24. The molecule has 0 saturated carbocycles. The molecule has 0 aromatic carbocycles. The SMILES string of the molecule is CCNC(=NCC1COCCO1)N1CCN(C(C)C(F)(F)F)CC1. The van der Waals surface area contributed by atoms with E-state index in [2.05, 4.69) is 10.3 Å². The summed E-state index contributed by atoms with van der Waals surface area (Å²) in [6, 6.07) is -1.41. The van der Waals surface area contributed by atoms with Crippen LogP contribution in [0.1, 0.15) is 13.8 Å². The van der Waals surface area contributed by atoms with Gasteiger partial charge in [-0.25, -0.2) is 0 Å². The van der Waals surface area contributed by atoms with E-state index in [1.54, 1.807) is 0 Å². The predicted molar refractivity (Wildman–Crippen MR) is 85.2 cm³/mol. The quantitative estimate of drug-likeness (QED) is 0.603. The van der Waals surface area contributed by atoms with Gasteiger partial charge in [0.05, 0.1) is 26.4 Å². The predicted octanol–water partition coefficient (Wildman–Crippen LogP) is 0.936. The van der Waals surface area contributed by atoms with Crippen LogP contribution in [0.5, 0.6) is 0 Å². The van der Waals surface area contributed by atoms with Crippen molar-refractivity contribution in [1.82, 2.24) is 15.1 Å². The summed E-state index contributed by atoms with van der Waals surface area (Å²) in [4.78, 5) is 8.04. The van der Waals surface area contributed by atoms with Gasteiger partial charge in [-0.15, -0.1) is 0 Å². The van der Waals surface area contributed by atoms with Gasteiger partial charge < -0.3 is 19.7 Å². The number of halogens is 3. The summed E-state index contributed by atoms with van der Waals surface area (Å²) in [7, 11) is 0. The van der Waals surface area contributed by atoms with Gasteiger partial charge in [-0.2, -0.15) is 13.2 Å². The number of alkyl halides is 3. The van der Waals surface area contributed by atoms with Crippen molar-refractivity contribution in [2.45, 2.75) is 32.2 Å². The smallest absolute Gasteiger partial charge is 0.376 e. The molecular weight excluding hydrogens is 325 g/mol. The molecule has 0 aliphatic carbocycles. The molecule has 9 heteroatoms. The number of hydrogen-bond donors (Lipinski definition) is 1. The minimum atomic E-state index is -4.18. The van der Waals surface area contributed by atoms with Crippen LogP contribution in [0, 0.1) is 0 Å². The minimum absolute atomic E-state index is 0.0565. The van der Waals surface area contributed by atoms with Crippen molar-refractivity contribution in [1.29, 1.82) is 0 Å². The Hall–Kier alpha value is -1.06. The molecule has 6 nitrogen and oxygen atoms in total. The summed E-state index contributed by atoms with van der Waals surface area (Å²) in [6.45, 7) is 7.88. The molecule has 2 aliphatic heterocycles. The van der Waals surface area contributed by atoms with Crippen molar-refractivity contribution in [3.05, 3.63) is 0 Å². The van der Waals surface area contributed by atoms with Gasteiger partial charge in [0.2, 0.25) is 0 Å². The fourth-order valence-electron chi connectivity index (χ4n) is 2.78. The Bertz CT molecular complexity index is 406. The standard InChI is InChI=1S/C15H27F3N4O2/c1-3-19-14(20-10-13-11-23-8-9-24-13)22-6-4-21(5-7-22)12(2)15(16,17)18/h12-13H,3-11H2,1-2H3,(H,19,20). The average molecular weight is 352 g/mol. The third-order valence-corrected chi connectivity index (χ3v) is 4.30. The van der Waals surface area contributed by atoms with E-state index in [0.29, 0.717) is 59.1 Å². The summed E-state index contributed by atoms with van der Waals surface area (Å²) in [5, 5.41) is 3.21. The van der Waals surface area contributed by atoms with Gasteiger partial charge in [0, 0.05) is 32.7 Å². The van der Waals surface area contributed by atoms with Crippen molar-refractivity contribution >= 4 is 5.96 Å². The first kappa shape index (κ1) is 19.3. The Morgan fingerprint density at radius 2 is 1.96 bits per heavy atom. The fourth-order valence-corrected chi connectivity index (χ4v) is 2.78. The normalized spacial score (nSPS) is 25.6. The molecule has 0 aromatic heterocycles. The van der Waals surface area contributed by atoms with Crippen molar-refractivity contribution in [2.75, 3.05) is 59.1 Å². The fraction of sp³-hybridized carbons (Fsp3) is 0.933. The maximum atomic E-state index is 12.8. The Kier molecular flexibility index (Phi) is 7.12. The van der Waals surface area contributed by atoms with E-state index >= 15 is 0 Å². The van der Waals surface area contributed by atoms with Crippen molar-refractivity contribution < 1.29 is 22.6 Å². The first-order valence-electron chi connectivity index (χ1n) is 8.45. The van der Waals surface area contributed by atoms with Crippen molar-refractivity contribution in [3.63, 3.8) is 0 Å². The third kappa shape index (κ3) is 5.49. The Morgan fingerprint density at radius 1 is 1.25 bits per heavy atom. The molecule has 2 aliphatic rings. The van der Waals surface area contributed by atoms with Crippen LogP contribution in [0.2, 0.25) is 0 Å². The first-order chi connectivity index (χ1) is 11.4. The highest BCUT2D eigenvalue weighted by Crippen LogP contribution is 2.25. The monoisotopic (exact) mass is 352 g/mol. The largest absolute Gasteiger partial charge is 0.403 e. The number of piperazine rings is 1. The van der Waals surface area contributed by atoms with Gasteiger partial charge in [0.15, 0.2) is 5.96 Å². The number of nitrogens with zero attached hydrogens (tertiary/aromatic N) is 3. The minimum Gasteiger partial charge on any atom is -0.376 e. The van der Waals surface area contributed by atoms with E-state index in [0.717, 1.165) is 5.96 Å². The van der Waals surface area contributed by atoms with Crippen LogP contribution in [0.4, 0.5) is 13.2 Å². The molecule has 0 bridgehead atoms. The maximum absolute atomic E-state index is 12.8. The molecule has 2 atom stereocenters. The van der Waals surface area contributed by atoms with Gasteiger partial charge in [-0.05, 0) is 13.8 Å². The topological polar surface area (TPSA) is 49.3 Å². The van der Waals surface area contributed by atoms with Gasteiger partial charge in [0.25, 0.3) is 0 Å². The summed E-state index contributed by atoms with van der Waals surface area (Å²) >= 11 is 0. The van der Waals surface area contributed by atoms with E-state index in [9.17, 15) is 13.2 Å². The lowest BCUT2D eigenvalue weighted by molar-refractivity contribution is -0.181. The molecule has 0 aromatic rings. The van der Waals surface area contributed by atoms with Gasteiger partial charge in [-0.3, -0.25) is 9.89 Å². The first-order valence-corrected chi connectivity index (χ1v) is 8.45. The van der Waals surface area contributed by atoms with Crippen LogP contribution in [0.3, 0.4) is 0 Å². The van der Waals surface area contributed by atoms with E-state index < -0.39 is 12.2 Å². The molecule has 2 rings (SSSR count). The highest BCUT2D eigenvalue weighted by Gasteiger charge is 2.41. The second-order valence-electron chi connectivity index (χ2n) is 6.00. The second kappa shape index (κ2) is 8.87. The zero-order valence-electron chi connectivity index (χ0n) is 14.3. The highest BCUT2D eigenvalue weighted by atomic mass is 19.4. The highest BCUT2D eigenvalue weighted by molar-refractivity contribution is 5.80. The van der Waals surface area contributed by atoms with Crippen molar-refractivity contribution in [2.24, 2.45) is 4.99 Å². The summed E-state index contributed by atoms with van der Waals surface area (Å²) in [5.74, 6) is 0.728. The molecule has 2 saturated heterocycles. The molecule has 2 heterocycles. The average Bonchev–Trinajstić information content (AvgIpc) is 2.58. The number of rotatable bonds is 4. The summed E-state index contributed by atoms with van der Waals surface area (Å²) < 4.78 is 49.4. The number of ether oxygens (including phenoxy) is 2. The molecule has 2 unspecified atom stereocenters. The zero-order valence-corrected chi connectivity index (χ0v) is 14.3.